The lowest BCUT2D eigenvalue weighted by molar-refractivity contribution is 0.0979. The van der Waals surface area contributed by atoms with Crippen LogP contribution in [0.15, 0.2) is 41.3 Å². The number of allylic oxidation sites excluding steroid dienone is 2. The first-order valence-electron chi connectivity index (χ1n) is 9.43. The SMILES string of the molecule is CNC(=O)NCOCCCSC1=CC(=O)c2[nH]nc(C(=O)Nc3ccccc3)c2C1=O. The Labute approximate surface area is 182 Å². The van der Waals surface area contributed by atoms with Crippen molar-refractivity contribution in [3.63, 3.8) is 0 Å². The van der Waals surface area contributed by atoms with E-state index in [-0.39, 0.29) is 34.6 Å². The van der Waals surface area contributed by atoms with Crippen molar-refractivity contribution in [3.8, 4) is 0 Å². The number of anilines is 1. The number of hydrogen-bond acceptors (Lipinski definition) is 7. The predicted octanol–water partition coefficient (Wildman–Crippen LogP) is 1.95. The van der Waals surface area contributed by atoms with Crippen LogP contribution in [0.4, 0.5) is 10.5 Å². The fraction of sp³-hybridized carbons (Fsp3) is 0.250. The van der Waals surface area contributed by atoms with Gasteiger partial charge in [-0.3, -0.25) is 19.5 Å². The molecule has 0 spiro atoms. The summed E-state index contributed by atoms with van der Waals surface area (Å²) in [5, 5.41) is 14.0. The number of aromatic nitrogens is 2. The van der Waals surface area contributed by atoms with Gasteiger partial charge in [0.25, 0.3) is 5.91 Å². The van der Waals surface area contributed by atoms with Crippen LogP contribution in [0.1, 0.15) is 37.8 Å². The number of aromatic amines is 1. The third-order valence-electron chi connectivity index (χ3n) is 4.22. The number of ketones is 2. The molecule has 1 heterocycles. The van der Waals surface area contributed by atoms with Gasteiger partial charge in [-0.1, -0.05) is 18.2 Å². The summed E-state index contributed by atoms with van der Waals surface area (Å²) in [6.07, 6.45) is 1.85. The number of hydrogen-bond donors (Lipinski definition) is 4. The van der Waals surface area contributed by atoms with E-state index in [0.717, 1.165) is 0 Å². The summed E-state index contributed by atoms with van der Waals surface area (Å²) in [7, 11) is 1.50. The molecule has 0 bridgehead atoms. The number of H-pyrrole nitrogens is 1. The zero-order valence-electron chi connectivity index (χ0n) is 16.7. The highest BCUT2D eigenvalue weighted by Gasteiger charge is 2.33. The highest BCUT2D eigenvalue weighted by atomic mass is 32.2. The summed E-state index contributed by atoms with van der Waals surface area (Å²) in [5.74, 6) is -0.889. The lowest BCUT2D eigenvalue weighted by Crippen LogP contribution is -2.34. The number of urea groups is 1. The fourth-order valence-electron chi connectivity index (χ4n) is 2.72. The minimum absolute atomic E-state index is 0.0103. The first-order chi connectivity index (χ1) is 15.0. The number of fused-ring (bicyclic) bond motifs is 1. The number of carbonyl (C=O) groups is 4. The van der Waals surface area contributed by atoms with Gasteiger partial charge in [0.05, 0.1) is 10.5 Å². The van der Waals surface area contributed by atoms with Crippen LogP contribution in [-0.2, 0) is 4.74 Å². The Morgan fingerprint density at radius 1 is 1.19 bits per heavy atom. The number of amides is 3. The van der Waals surface area contributed by atoms with E-state index in [9.17, 15) is 19.2 Å². The molecule has 1 aliphatic rings. The predicted molar refractivity (Wildman–Crippen MR) is 115 cm³/mol. The molecule has 0 saturated heterocycles. The highest BCUT2D eigenvalue weighted by molar-refractivity contribution is 8.04. The Morgan fingerprint density at radius 2 is 1.97 bits per heavy atom. The van der Waals surface area contributed by atoms with Crippen molar-refractivity contribution in [3.05, 3.63) is 58.3 Å². The molecule has 1 aliphatic carbocycles. The van der Waals surface area contributed by atoms with Crippen molar-refractivity contribution < 1.29 is 23.9 Å². The Bertz CT molecular complexity index is 1020. The third-order valence-corrected chi connectivity index (χ3v) is 5.33. The number of rotatable bonds is 9. The molecule has 0 fully saturated rings. The molecule has 31 heavy (non-hydrogen) atoms. The molecule has 1 aromatic carbocycles. The molecular formula is C20H21N5O5S. The second-order valence-electron chi connectivity index (χ2n) is 6.35. The number of benzene rings is 1. The van der Waals surface area contributed by atoms with E-state index in [4.69, 9.17) is 4.74 Å². The summed E-state index contributed by atoms with van der Waals surface area (Å²) < 4.78 is 5.27. The maximum absolute atomic E-state index is 12.9. The van der Waals surface area contributed by atoms with Crippen molar-refractivity contribution in [1.82, 2.24) is 20.8 Å². The first-order valence-corrected chi connectivity index (χ1v) is 10.4. The normalized spacial score (nSPS) is 12.7. The third kappa shape index (κ3) is 5.58. The second kappa shape index (κ2) is 10.5. The van der Waals surface area contributed by atoms with Gasteiger partial charge in [0.1, 0.15) is 12.4 Å². The molecule has 0 unspecified atom stereocenters. The molecule has 10 nitrogen and oxygen atoms in total. The topological polar surface area (TPSA) is 142 Å². The number of nitrogens with one attached hydrogen (secondary N) is 4. The van der Waals surface area contributed by atoms with Crippen molar-refractivity contribution >= 4 is 41.0 Å². The zero-order chi connectivity index (χ0) is 22.2. The largest absolute Gasteiger partial charge is 0.361 e. The van der Waals surface area contributed by atoms with Gasteiger partial charge >= 0.3 is 6.03 Å². The molecule has 3 amide bonds. The molecular weight excluding hydrogens is 422 g/mol. The summed E-state index contributed by atoms with van der Waals surface area (Å²) in [6.45, 7) is 0.441. The first kappa shape index (κ1) is 22.2. The molecule has 162 valence electrons. The Kier molecular flexibility index (Phi) is 7.57. The van der Waals surface area contributed by atoms with Crippen LogP contribution in [0.3, 0.4) is 0 Å². The molecule has 0 radical (unpaired) electrons. The van der Waals surface area contributed by atoms with Crippen molar-refractivity contribution in [2.75, 3.05) is 31.5 Å². The molecule has 0 saturated carbocycles. The standard InChI is InChI=1S/C20H21N5O5S/c1-21-20(29)22-11-30-8-5-9-31-14-10-13(26)16-15(18(14)27)17(25-24-16)19(28)23-12-6-3-2-4-7-12/h2-4,6-7,10H,5,8-9,11H2,1H3,(H,23,28)(H,24,25)(H2,21,22,29). The highest BCUT2D eigenvalue weighted by Crippen LogP contribution is 2.30. The van der Waals surface area contributed by atoms with Crippen LogP contribution < -0.4 is 16.0 Å². The molecule has 0 atom stereocenters. The maximum atomic E-state index is 12.9. The molecule has 2 aromatic rings. The average Bonchev–Trinajstić information content (AvgIpc) is 3.23. The van der Waals surface area contributed by atoms with Crippen LogP contribution in [0.2, 0.25) is 0 Å². The summed E-state index contributed by atoms with van der Waals surface area (Å²) >= 11 is 1.21. The number of Topliss-reactive ketones (excluding diaryl/α,β-unsaturated/α-hetero) is 1. The maximum Gasteiger partial charge on any atom is 0.316 e. The van der Waals surface area contributed by atoms with E-state index in [2.05, 4.69) is 26.1 Å². The van der Waals surface area contributed by atoms with Crippen molar-refractivity contribution in [2.45, 2.75) is 6.42 Å². The molecule has 4 N–H and O–H groups in total. The van der Waals surface area contributed by atoms with Gasteiger partial charge in [-0.25, -0.2) is 4.79 Å². The van der Waals surface area contributed by atoms with Gasteiger partial charge in [0, 0.05) is 31.2 Å². The number of para-hydroxylation sites is 1. The molecule has 0 aliphatic heterocycles. The quantitative estimate of drug-likeness (QED) is 0.343. The number of carbonyl (C=O) groups excluding carboxylic acids is 4. The van der Waals surface area contributed by atoms with E-state index in [1.54, 1.807) is 24.3 Å². The smallest absolute Gasteiger partial charge is 0.316 e. The summed E-state index contributed by atoms with van der Waals surface area (Å²) in [6, 6.07) is 8.41. The van der Waals surface area contributed by atoms with E-state index in [1.165, 1.54) is 24.9 Å². The summed E-state index contributed by atoms with van der Waals surface area (Å²) in [4.78, 5) is 49.2. The van der Waals surface area contributed by atoms with Crippen LogP contribution in [0.5, 0.6) is 0 Å². The fourth-order valence-corrected chi connectivity index (χ4v) is 3.63. The lowest BCUT2D eigenvalue weighted by Gasteiger charge is -2.12. The van der Waals surface area contributed by atoms with E-state index in [1.807, 2.05) is 6.07 Å². The van der Waals surface area contributed by atoms with Gasteiger partial charge in [0.15, 0.2) is 5.69 Å². The van der Waals surface area contributed by atoms with Crippen molar-refractivity contribution in [2.24, 2.45) is 0 Å². The lowest BCUT2D eigenvalue weighted by atomic mass is 9.99. The van der Waals surface area contributed by atoms with Gasteiger partial charge in [0.2, 0.25) is 11.6 Å². The monoisotopic (exact) mass is 443 g/mol. The van der Waals surface area contributed by atoms with Crippen LogP contribution in [0.25, 0.3) is 0 Å². The molecule has 1 aromatic heterocycles. The van der Waals surface area contributed by atoms with Gasteiger partial charge in [-0.15, -0.1) is 11.8 Å². The van der Waals surface area contributed by atoms with Crippen molar-refractivity contribution in [1.29, 1.82) is 0 Å². The van der Waals surface area contributed by atoms with Gasteiger partial charge in [-0.2, -0.15) is 5.10 Å². The van der Waals surface area contributed by atoms with E-state index in [0.29, 0.717) is 24.5 Å². The Morgan fingerprint density at radius 3 is 2.71 bits per heavy atom. The Balaban J connectivity index is 1.57. The van der Waals surface area contributed by atoms with E-state index >= 15 is 0 Å². The number of nitrogens with zero attached hydrogens (tertiary/aromatic N) is 1. The summed E-state index contributed by atoms with van der Waals surface area (Å²) in [5.41, 5.74) is 0.424. The van der Waals surface area contributed by atoms with Crippen LogP contribution in [0, 0.1) is 0 Å². The number of thioether (sulfide) groups is 1. The second-order valence-corrected chi connectivity index (χ2v) is 7.49. The molecule has 11 heteroatoms. The molecule has 3 rings (SSSR count). The van der Waals surface area contributed by atoms with Crippen LogP contribution >= 0.6 is 11.8 Å². The average molecular weight is 443 g/mol. The van der Waals surface area contributed by atoms with Crippen LogP contribution in [-0.4, -0.2) is 59.8 Å². The minimum Gasteiger partial charge on any atom is -0.361 e. The number of ether oxygens (including phenoxy) is 1. The van der Waals surface area contributed by atoms with Gasteiger partial charge < -0.3 is 20.7 Å². The zero-order valence-corrected chi connectivity index (χ0v) is 17.5. The Hall–Kier alpha value is -3.44. The minimum atomic E-state index is -0.576. The van der Waals surface area contributed by atoms with Gasteiger partial charge in [-0.05, 0) is 18.6 Å². The van der Waals surface area contributed by atoms with E-state index < -0.39 is 17.5 Å².